The van der Waals surface area contributed by atoms with Gasteiger partial charge in [0.25, 0.3) is 0 Å². The number of aliphatic hydroxyl groups is 2. The van der Waals surface area contributed by atoms with E-state index in [1.54, 1.807) is 0 Å². The first-order valence-corrected chi connectivity index (χ1v) is 9.58. The molecule has 0 saturated carbocycles. The minimum absolute atomic E-state index is 0.690. The van der Waals surface area contributed by atoms with Gasteiger partial charge in [-0.05, 0) is 23.9 Å². The van der Waals surface area contributed by atoms with Crippen LogP contribution in [0.4, 0.5) is 0 Å². The number of fused-ring (bicyclic) bond motifs is 1. The van der Waals surface area contributed by atoms with Crippen LogP contribution in [0, 0.1) is 5.92 Å². The fourth-order valence-corrected chi connectivity index (χ4v) is 3.17. The number of hydrogen-bond acceptors (Lipinski definition) is 2. The van der Waals surface area contributed by atoms with Crippen molar-refractivity contribution in [3.8, 4) is 5.75 Å². The molecule has 1 saturated heterocycles. The molecule has 1 N–H and O–H groups in total. The van der Waals surface area contributed by atoms with Crippen LogP contribution in [0.3, 0.4) is 0 Å². The molecule has 3 rings (SSSR count). The Balaban J connectivity index is 0.000000219. The van der Waals surface area contributed by atoms with Gasteiger partial charge in [-0.2, -0.15) is 0 Å². The summed E-state index contributed by atoms with van der Waals surface area (Å²) in [5.41, 5.74) is 0. The number of benzene rings is 2. The zero-order valence-corrected chi connectivity index (χ0v) is 16.1. The maximum Gasteiger partial charge on any atom is 0.157 e. The van der Waals surface area contributed by atoms with Gasteiger partial charge in [-0.1, -0.05) is 51.5 Å². The van der Waals surface area contributed by atoms with Gasteiger partial charge in [-0.15, -0.1) is 12.6 Å². The zero-order valence-electron chi connectivity index (χ0n) is 15.2. The Morgan fingerprint density at radius 2 is 1.92 bits per heavy atom. The van der Waals surface area contributed by atoms with Crippen molar-refractivity contribution in [3.05, 3.63) is 36.4 Å². The van der Waals surface area contributed by atoms with E-state index in [1.807, 2.05) is 24.3 Å². The first-order valence-electron chi connectivity index (χ1n) is 9.13. The third-order valence-electron chi connectivity index (χ3n) is 4.41. The second-order valence-electron chi connectivity index (χ2n) is 6.69. The maximum absolute atomic E-state index is 5.78. The molecule has 1 aliphatic rings. The van der Waals surface area contributed by atoms with E-state index < -0.39 is 0 Å². The number of rotatable bonds is 5. The fraction of sp³-hybridized carbons (Fsp3) is 0.524. The van der Waals surface area contributed by atoms with Crippen molar-refractivity contribution in [2.45, 2.75) is 57.5 Å². The Hall–Kier alpha value is -1.19. The number of ether oxygens (including phenoxy) is 2. The second-order valence-corrected chi connectivity index (χ2v) is 7.17. The van der Waals surface area contributed by atoms with Gasteiger partial charge in [0.05, 0.1) is 6.61 Å². The molecule has 1 atom stereocenters. The number of thiol groups is 1. The maximum atomic E-state index is 5.78. The summed E-state index contributed by atoms with van der Waals surface area (Å²) in [6.07, 6.45) is 5.59. The molecule has 3 heteroatoms. The van der Waals surface area contributed by atoms with Crippen LogP contribution in [0.15, 0.2) is 41.3 Å². The molecule has 132 valence electrons. The molecule has 0 radical (unpaired) electrons. The molecule has 0 bridgehead atoms. The third kappa shape index (κ3) is 5.42. The standard InChI is InChI=1S/C14H16OS.C7H14O/c1-2-3-10-15-13-8-9-14(16)12-7-5-4-6-11(12)13;1-6(2)7-4-3-5-8-7/h4-9,16H,2-3,10H2,1H3;6-7H,3-5H2,1-2H3/p+1. The van der Waals surface area contributed by atoms with Crippen molar-refractivity contribution >= 4 is 23.4 Å². The normalized spacial score (nSPS) is 17.0. The molecule has 1 heterocycles. The number of unbranched alkanes of at least 4 members (excludes halogenated alkanes) is 1. The Kier molecular flexibility index (Phi) is 7.93. The van der Waals surface area contributed by atoms with Gasteiger partial charge in [-0.3, -0.25) is 0 Å². The average Bonchev–Trinajstić information content (AvgIpc) is 3.13. The van der Waals surface area contributed by atoms with Gasteiger partial charge in [0.1, 0.15) is 12.4 Å². The molecule has 0 amide bonds. The van der Waals surface area contributed by atoms with Crippen molar-refractivity contribution in [2.75, 3.05) is 13.2 Å². The van der Waals surface area contributed by atoms with E-state index in [0.29, 0.717) is 6.10 Å². The van der Waals surface area contributed by atoms with Crippen molar-refractivity contribution in [1.82, 2.24) is 0 Å². The Morgan fingerprint density at radius 1 is 1.17 bits per heavy atom. The highest BCUT2D eigenvalue weighted by Crippen LogP contribution is 2.30. The summed E-state index contributed by atoms with van der Waals surface area (Å²) in [5, 5.41) is 2.30. The van der Waals surface area contributed by atoms with Gasteiger partial charge >= 0.3 is 0 Å². The summed E-state index contributed by atoms with van der Waals surface area (Å²) in [6.45, 7) is 8.56. The highest BCUT2D eigenvalue weighted by atomic mass is 32.1. The monoisotopic (exact) mass is 347 g/mol. The molecular weight excluding hydrogens is 316 g/mol. The summed E-state index contributed by atoms with van der Waals surface area (Å²) >= 11 is 4.45. The predicted octanol–water partition coefficient (Wildman–Crippen LogP) is 5.64. The van der Waals surface area contributed by atoms with Gasteiger partial charge < -0.3 is 9.47 Å². The Morgan fingerprint density at radius 3 is 2.50 bits per heavy atom. The molecule has 0 aliphatic carbocycles. The highest BCUT2D eigenvalue weighted by Gasteiger charge is 2.23. The molecule has 0 spiro atoms. The van der Waals surface area contributed by atoms with E-state index in [4.69, 9.17) is 4.74 Å². The lowest BCUT2D eigenvalue weighted by Gasteiger charge is -2.10. The highest BCUT2D eigenvalue weighted by molar-refractivity contribution is 7.80. The van der Waals surface area contributed by atoms with Crippen LogP contribution < -0.4 is 4.74 Å². The van der Waals surface area contributed by atoms with Crippen LogP contribution >= 0.6 is 12.6 Å². The lowest BCUT2D eigenvalue weighted by molar-refractivity contribution is -0.0805. The Labute approximate surface area is 152 Å². The van der Waals surface area contributed by atoms with E-state index in [1.165, 1.54) is 12.8 Å². The summed E-state index contributed by atoms with van der Waals surface area (Å²) in [5.74, 6) is 1.74. The molecule has 1 unspecified atom stereocenters. The fourth-order valence-electron chi connectivity index (χ4n) is 2.90. The van der Waals surface area contributed by atoms with Crippen LogP contribution in [-0.4, -0.2) is 24.1 Å². The molecule has 1 aliphatic heterocycles. The van der Waals surface area contributed by atoms with Crippen molar-refractivity contribution in [1.29, 1.82) is 0 Å². The van der Waals surface area contributed by atoms with Crippen LogP contribution in [-0.2, 0) is 0 Å². The first-order chi connectivity index (χ1) is 11.6. The summed E-state index contributed by atoms with van der Waals surface area (Å²) in [6, 6.07) is 12.2. The van der Waals surface area contributed by atoms with Gasteiger partial charge in [0, 0.05) is 29.0 Å². The van der Waals surface area contributed by atoms with Gasteiger partial charge in [-0.25, -0.2) is 0 Å². The molecule has 2 aromatic rings. The molecule has 0 aromatic heterocycles. The predicted molar refractivity (Wildman–Crippen MR) is 107 cm³/mol. The SMILES string of the molecule is CC(C)C1CCC[OH+]1.CCCCOc1ccc(S)c2ccccc12. The van der Waals surface area contributed by atoms with E-state index in [-0.39, 0.29) is 0 Å². The third-order valence-corrected chi connectivity index (χ3v) is 4.80. The molecular formula is C21H31O2S+. The minimum atomic E-state index is 0.690. The van der Waals surface area contributed by atoms with Crippen molar-refractivity contribution in [2.24, 2.45) is 5.92 Å². The summed E-state index contributed by atoms with van der Waals surface area (Å²) in [7, 11) is 0. The van der Waals surface area contributed by atoms with Gasteiger partial charge in [0.2, 0.25) is 0 Å². The first kappa shape index (κ1) is 19.1. The van der Waals surface area contributed by atoms with E-state index in [9.17, 15) is 0 Å². The van der Waals surface area contributed by atoms with Crippen LogP contribution in [0.25, 0.3) is 10.8 Å². The minimum Gasteiger partial charge on any atom is -0.493 e. The van der Waals surface area contributed by atoms with Crippen LogP contribution in [0.2, 0.25) is 0 Å². The summed E-state index contributed by atoms with van der Waals surface area (Å²) in [4.78, 5) is 0.999. The molecule has 24 heavy (non-hydrogen) atoms. The largest absolute Gasteiger partial charge is 0.493 e. The second kappa shape index (κ2) is 9.95. The molecule has 2 aromatic carbocycles. The van der Waals surface area contributed by atoms with E-state index in [0.717, 1.165) is 53.4 Å². The van der Waals surface area contributed by atoms with Crippen molar-refractivity contribution in [3.63, 3.8) is 0 Å². The smallest absolute Gasteiger partial charge is 0.157 e. The topological polar surface area (TPSA) is 22.0 Å². The molecule has 2 nitrogen and oxygen atoms in total. The Bertz CT molecular complexity index is 618. The lowest BCUT2D eigenvalue weighted by atomic mass is 10.1. The van der Waals surface area contributed by atoms with Gasteiger partial charge in [0.15, 0.2) is 6.10 Å². The van der Waals surface area contributed by atoms with Crippen LogP contribution in [0.1, 0.15) is 46.5 Å². The number of hydrogen-bond donors (Lipinski definition) is 1. The average molecular weight is 348 g/mol. The van der Waals surface area contributed by atoms with Crippen molar-refractivity contribution < 1.29 is 9.47 Å². The quantitative estimate of drug-likeness (QED) is 0.422. The van der Waals surface area contributed by atoms with Crippen LogP contribution in [0.5, 0.6) is 5.75 Å². The zero-order chi connectivity index (χ0) is 17.4. The molecule has 1 fully saturated rings. The van der Waals surface area contributed by atoms with E-state index >= 15 is 0 Å². The lowest BCUT2D eigenvalue weighted by Crippen LogP contribution is -2.16. The summed E-state index contributed by atoms with van der Waals surface area (Å²) < 4.78 is 10.2. The van der Waals surface area contributed by atoms with E-state index in [2.05, 4.69) is 50.3 Å².